The standard InChI is InChI=1S/C33H35F4IN6O7S/c1-30(34,35)13-7-14(33(36,37)38)9-15(8-13)41-29(52)42-17-10-18(43(2)3)16-6-12-11-31(40)25(44(4)5)24(47)21(28(39)50)27(49)32(31,51)26(48)19(12)23(46)20(16)22(17)45/h7-10,12,25,45-46,49,51H,6,11,40H2,1-5H3,(H2,39,50)(H2,41,42,52)/t12-,25+,31+,32-/m0/s1. The van der Waals surface area contributed by atoms with Gasteiger partial charge in [-0.3, -0.25) is 19.3 Å². The van der Waals surface area contributed by atoms with E-state index in [4.69, 9.17) is 23.7 Å². The van der Waals surface area contributed by atoms with Gasteiger partial charge in [-0.05, 0) is 74.9 Å². The molecule has 0 bridgehead atoms. The van der Waals surface area contributed by atoms with Gasteiger partial charge in [0.25, 0.3) is 11.8 Å². The number of halogens is 5. The summed E-state index contributed by atoms with van der Waals surface area (Å²) in [6.07, 6.45) is -0.444. The minimum Gasteiger partial charge on any atom is -0.508 e. The van der Waals surface area contributed by atoms with Crippen LogP contribution in [0.25, 0.3) is 5.76 Å². The van der Waals surface area contributed by atoms with Crippen molar-refractivity contribution in [3.63, 3.8) is 0 Å². The lowest BCUT2D eigenvalue weighted by Crippen LogP contribution is -2.80. The van der Waals surface area contributed by atoms with Crippen LogP contribution in [0.2, 0.25) is 0 Å². The zero-order chi connectivity index (χ0) is 39.2. The Morgan fingerprint density at radius 3 is 2.15 bits per heavy atom. The van der Waals surface area contributed by atoms with Gasteiger partial charge in [0.1, 0.15) is 17.1 Å². The number of ketones is 2. The lowest BCUT2D eigenvalue weighted by atomic mass is 9.53. The number of hydrogen-bond donors (Lipinski definition) is 8. The van der Waals surface area contributed by atoms with Crippen LogP contribution in [0.5, 0.6) is 5.75 Å². The first-order valence-electron chi connectivity index (χ1n) is 15.5. The number of aliphatic hydroxyl groups excluding tert-OH is 2. The molecule has 3 aliphatic rings. The van der Waals surface area contributed by atoms with Crippen LogP contribution < -0.4 is 27.0 Å². The third-order valence-corrected chi connectivity index (χ3v) is 10.5. The predicted octanol–water partition coefficient (Wildman–Crippen LogP) is 3.52. The number of phenols is 1. The predicted molar refractivity (Wildman–Crippen MR) is 196 cm³/mol. The zero-order valence-corrected chi connectivity index (χ0v) is 31.2. The molecule has 2 aromatic rings. The molecule has 1 fully saturated rings. The Bertz CT molecular complexity index is 1980. The minimum atomic E-state index is -3.51. The summed E-state index contributed by atoms with van der Waals surface area (Å²) in [4.78, 5) is 43.0. The molecule has 0 heterocycles. The lowest BCUT2D eigenvalue weighted by molar-refractivity contribution is -0.157. The molecule has 0 unspecified atom stereocenters. The van der Waals surface area contributed by atoms with Gasteiger partial charge in [0.2, 0.25) is 11.4 Å². The number of nitrogens with one attached hydrogen (secondary N) is 2. The molecule has 0 spiro atoms. The van der Waals surface area contributed by atoms with Crippen molar-refractivity contribution in [3.8, 4) is 5.75 Å². The molecule has 0 aliphatic heterocycles. The molecular weight excluding hydrogens is 827 g/mol. The number of thiocarbonyl (C=S) groups is 1. The Labute approximate surface area is 313 Å². The van der Waals surface area contributed by atoms with Gasteiger partial charge in [0.05, 0.1) is 22.8 Å². The molecular formula is C33H35F4IN6O7S. The number of phenolic OH excluding ortho intramolecular Hbond substituents is 1. The number of alkyl halides is 5. The second kappa shape index (κ2) is 12.8. The fourth-order valence-corrected chi connectivity index (χ4v) is 7.94. The molecule has 19 heteroatoms. The molecule has 1 amide bonds. The molecule has 0 saturated heterocycles. The summed E-state index contributed by atoms with van der Waals surface area (Å²) in [5.41, 5.74) is 3.85. The fraction of sp³-hybridized carbons (Fsp3) is 0.394. The average molecular weight is 863 g/mol. The van der Waals surface area contributed by atoms with Crippen molar-refractivity contribution in [2.24, 2.45) is 17.4 Å². The number of Topliss-reactive ketones (excluding diaryl/α,β-unsaturated/α-hetero) is 2. The minimum absolute atomic E-state index is 0.0770. The molecule has 3 aliphatic carbocycles. The van der Waals surface area contributed by atoms with Gasteiger partial charge < -0.3 is 47.4 Å². The molecule has 13 nitrogen and oxygen atoms in total. The molecule has 52 heavy (non-hydrogen) atoms. The number of likely N-dealkylation sites (N-methyl/N-ethyl adjacent to an activating group) is 1. The van der Waals surface area contributed by atoms with E-state index in [-0.39, 0.29) is 34.9 Å². The van der Waals surface area contributed by atoms with Crippen molar-refractivity contribution in [2.45, 2.75) is 46.8 Å². The number of benzene rings is 2. The summed E-state index contributed by atoms with van der Waals surface area (Å²) in [5, 5.41) is 51.3. The Balaban J connectivity index is 1.62. The van der Waals surface area contributed by atoms with Crippen LogP contribution in [-0.4, -0.2) is 93.3 Å². The number of aliphatic hydroxyl groups is 3. The topological polar surface area (TPSA) is 215 Å². The van der Waals surface area contributed by atoms with Crippen LogP contribution in [0.15, 0.2) is 41.2 Å². The Morgan fingerprint density at radius 1 is 1.04 bits per heavy atom. The molecule has 5 rings (SSSR count). The number of hydrogen-bond acceptors (Lipinski definition) is 11. The van der Waals surface area contributed by atoms with Gasteiger partial charge in [0.15, 0.2) is 16.7 Å². The highest BCUT2D eigenvalue weighted by Gasteiger charge is 2.71. The van der Waals surface area contributed by atoms with Gasteiger partial charge in [-0.2, -0.15) is 8.78 Å². The summed E-state index contributed by atoms with van der Waals surface area (Å²) in [6.45, 7) is 0.545. The van der Waals surface area contributed by atoms with E-state index in [1.807, 2.05) is 0 Å². The molecule has 2 aromatic carbocycles. The summed E-state index contributed by atoms with van der Waals surface area (Å²) < 4.78 is 53.3. The molecule has 0 aromatic heterocycles. The number of anilines is 3. The van der Waals surface area contributed by atoms with Crippen molar-refractivity contribution in [1.82, 2.24) is 4.90 Å². The number of primary amides is 1. The van der Waals surface area contributed by atoms with Gasteiger partial charge in [-0.15, -0.1) is 0 Å². The van der Waals surface area contributed by atoms with Crippen molar-refractivity contribution in [3.05, 3.63) is 63.4 Å². The number of fused-ring (bicyclic) bond motifs is 3. The quantitative estimate of drug-likeness (QED) is 0.0501. The van der Waals surface area contributed by atoms with E-state index in [2.05, 4.69) is 10.6 Å². The van der Waals surface area contributed by atoms with Crippen molar-refractivity contribution in [2.75, 3.05) is 43.7 Å². The van der Waals surface area contributed by atoms with E-state index >= 15 is 0 Å². The largest absolute Gasteiger partial charge is 0.508 e. The smallest absolute Gasteiger partial charge is 0.321 e. The molecule has 280 valence electrons. The van der Waals surface area contributed by atoms with E-state index < -0.39 is 90.0 Å². The van der Waals surface area contributed by atoms with Crippen LogP contribution in [0, 0.1) is 5.92 Å². The first-order chi connectivity index (χ1) is 23.8. The summed E-state index contributed by atoms with van der Waals surface area (Å²) in [5.74, 6) is -11.1. The number of nitrogens with zero attached hydrogens (tertiary/aromatic N) is 2. The van der Waals surface area contributed by atoms with Crippen LogP contribution in [-0.2, 0) is 30.7 Å². The normalized spacial score (nSPS) is 24.7. The second-order valence-electron chi connectivity index (χ2n) is 13.6. The Hall–Kier alpha value is -4.05. The third kappa shape index (κ3) is 6.04. The number of nitrogens with two attached hydrogens (primary N) is 2. The second-order valence-corrected chi connectivity index (χ2v) is 15.3. The monoisotopic (exact) mass is 862 g/mol. The van der Waals surface area contributed by atoms with Gasteiger partial charge in [-0.25, -0.2) is 8.78 Å². The molecule has 10 N–H and O–H groups in total. The highest BCUT2D eigenvalue weighted by Crippen LogP contribution is 2.55. The van der Waals surface area contributed by atoms with Crippen molar-refractivity contribution in [1.29, 1.82) is 0 Å². The summed E-state index contributed by atoms with van der Waals surface area (Å²) >= 11 is 6.14. The van der Waals surface area contributed by atoms with Crippen LogP contribution in [0.1, 0.15) is 35.6 Å². The van der Waals surface area contributed by atoms with E-state index in [9.17, 15) is 52.4 Å². The molecule has 4 atom stereocenters. The van der Waals surface area contributed by atoms with Crippen LogP contribution in [0.3, 0.4) is 0 Å². The van der Waals surface area contributed by atoms with Crippen LogP contribution >= 0.6 is 34.8 Å². The van der Waals surface area contributed by atoms with E-state index in [1.165, 1.54) is 25.1 Å². The number of carbonyl (C=O) groups excluding carboxylic acids is 3. The summed E-state index contributed by atoms with van der Waals surface area (Å²) in [6, 6.07) is 2.44. The average Bonchev–Trinajstić information content (AvgIpc) is 2.99. The fourth-order valence-electron chi connectivity index (χ4n) is 7.40. The SMILES string of the molecule is CN(C)c1cc(NC(=S)Nc2cc(C(C)(F)F)cc(C(F)(F)I)c2)c(O)c2c1C[C@H]1C[C@@]3(N)[C@H](N(C)C)C(=O)C(C(N)=O)=C(O)[C@@]3(O)C(=O)C1=C2O. The zero-order valence-electron chi connectivity index (χ0n) is 28.2. The molecule has 0 radical (unpaired) electrons. The van der Waals surface area contributed by atoms with Crippen LogP contribution in [0.4, 0.5) is 34.6 Å². The maximum Gasteiger partial charge on any atom is 0.321 e. The first kappa shape index (κ1) is 39.2. The number of rotatable bonds is 7. The van der Waals surface area contributed by atoms with Gasteiger partial charge in [0, 0.05) is 71.7 Å². The first-order valence-corrected chi connectivity index (χ1v) is 16.9. The Morgan fingerprint density at radius 2 is 1.63 bits per heavy atom. The van der Waals surface area contributed by atoms with E-state index in [0.29, 0.717) is 24.2 Å². The number of amides is 1. The lowest BCUT2D eigenvalue weighted by Gasteiger charge is -2.56. The maximum atomic E-state index is 14.3. The highest BCUT2D eigenvalue weighted by atomic mass is 127. The van der Waals surface area contributed by atoms with Crippen molar-refractivity contribution >= 4 is 80.2 Å². The maximum absolute atomic E-state index is 14.3. The summed E-state index contributed by atoms with van der Waals surface area (Å²) in [7, 11) is 6.12. The number of carbonyl (C=O) groups is 3. The third-order valence-electron chi connectivity index (χ3n) is 9.65. The number of aromatic hydroxyl groups is 1. The Kier molecular flexibility index (Phi) is 9.65. The molecule has 1 saturated carbocycles. The van der Waals surface area contributed by atoms with Gasteiger partial charge >= 0.3 is 3.93 Å². The van der Waals surface area contributed by atoms with Crippen molar-refractivity contribution < 1.29 is 52.4 Å². The highest BCUT2D eigenvalue weighted by molar-refractivity contribution is 14.1. The van der Waals surface area contributed by atoms with E-state index in [1.54, 1.807) is 19.0 Å². The van der Waals surface area contributed by atoms with Gasteiger partial charge in [-0.1, -0.05) is 0 Å². The van der Waals surface area contributed by atoms with E-state index in [0.717, 1.165) is 34.7 Å².